The van der Waals surface area contributed by atoms with E-state index in [2.05, 4.69) is 18.3 Å². The number of rotatable bonds is 17. The predicted molar refractivity (Wildman–Crippen MR) is 109 cm³/mol. The minimum Gasteiger partial charge on any atom is -0.395 e. The second kappa shape index (κ2) is 20.7. The Bertz CT molecular complexity index is 372. The Kier molecular flexibility index (Phi) is 19.6. The Hall–Kier alpha value is -1.35. The Morgan fingerprint density at radius 1 is 0.800 bits per heavy atom. The first-order valence-electron chi connectivity index (χ1n) is 10.2. The molecule has 3 nitrogen and oxygen atoms in total. The van der Waals surface area contributed by atoms with Crippen LogP contribution in [0.15, 0.2) is 36.5 Å². The number of allylic oxidation sites excluding steroid dienone is 5. The van der Waals surface area contributed by atoms with E-state index in [9.17, 15) is 4.79 Å². The van der Waals surface area contributed by atoms with Gasteiger partial charge in [-0.3, -0.25) is 4.79 Å². The standard InChI is InChI=1S/C22H39NO2/c1-2-3-4-5-6-7-8-9-10-11-12-13-14-15-16-17-18-19-22(25)23-20-21-24/h14-19,24H,2-13,20-21H2,1H3,(H,23,25)/b15-14+,17-16+,19-18+. The molecule has 0 unspecified atom stereocenters. The second-order valence-electron chi connectivity index (χ2n) is 6.51. The van der Waals surface area contributed by atoms with Gasteiger partial charge >= 0.3 is 0 Å². The van der Waals surface area contributed by atoms with E-state index in [1.54, 1.807) is 6.08 Å². The number of nitrogens with one attached hydrogen (secondary N) is 1. The molecule has 0 fully saturated rings. The van der Waals surface area contributed by atoms with Gasteiger partial charge in [0.15, 0.2) is 0 Å². The van der Waals surface area contributed by atoms with Gasteiger partial charge in [-0.1, -0.05) is 102 Å². The first-order chi connectivity index (χ1) is 12.3. The molecular weight excluding hydrogens is 310 g/mol. The second-order valence-corrected chi connectivity index (χ2v) is 6.51. The monoisotopic (exact) mass is 349 g/mol. The number of unbranched alkanes of at least 4 members (excludes halogenated alkanes) is 11. The highest BCUT2D eigenvalue weighted by atomic mass is 16.3. The van der Waals surface area contributed by atoms with E-state index in [-0.39, 0.29) is 12.5 Å². The SMILES string of the molecule is CCCCCCCCCCCCC/C=C/C=C/C=C/C(=O)NCCO. The van der Waals surface area contributed by atoms with Crippen LogP contribution in [0.5, 0.6) is 0 Å². The maximum absolute atomic E-state index is 11.2. The summed E-state index contributed by atoms with van der Waals surface area (Å²) in [6.45, 7) is 2.54. The molecule has 0 aliphatic heterocycles. The fourth-order valence-corrected chi connectivity index (χ4v) is 2.61. The fourth-order valence-electron chi connectivity index (χ4n) is 2.61. The lowest BCUT2D eigenvalue weighted by Crippen LogP contribution is -2.24. The highest BCUT2D eigenvalue weighted by Gasteiger charge is 1.92. The maximum atomic E-state index is 11.2. The summed E-state index contributed by atoms with van der Waals surface area (Å²) in [6.07, 6.45) is 27.5. The average molecular weight is 350 g/mol. The van der Waals surface area contributed by atoms with Gasteiger partial charge in [0, 0.05) is 12.6 Å². The van der Waals surface area contributed by atoms with Gasteiger partial charge < -0.3 is 10.4 Å². The molecule has 1 amide bonds. The van der Waals surface area contributed by atoms with E-state index in [0.717, 1.165) is 6.42 Å². The first kappa shape index (κ1) is 23.6. The van der Waals surface area contributed by atoms with E-state index in [1.807, 2.05) is 18.2 Å². The molecule has 0 saturated carbocycles. The Balaban J connectivity index is 3.33. The smallest absolute Gasteiger partial charge is 0.244 e. The summed E-state index contributed by atoms with van der Waals surface area (Å²) >= 11 is 0. The summed E-state index contributed by atoms with van der Waals surface area (Å²) in [5.41, 5.74) is 0. The zero-order valence-corrected chi connectivity index (χ0v) is 16.2. The van der Waals surface area contributed by atoms with Gasteiger partial charge in [0.25, 0.3) is 0 Å². The van der Waals surface area contributed by atoms with Crippen LogP contribution < -0.4 is 5.32 Å². The maximum Gasteiger partial charge on any atom is 0.244 e. The lowest BCUT2D eigenvalue weighted by molar-refractivity contribution is -0.116. The van der Waals surface area contributed by atoms with Crippen LogP contribution in [0.4, 0.5) is 0 Å². The molecule has 0 aliphatic carbocycles. The van der Waals surface area contributed by atoms with E-state index < -0.39 is 0 Å². The molecule has 0 heterocycles. The molecule has 2 N–H and O–H groups in total. The van der Waals surface area contributed by atoms with Crippen LogP contribution in [0.1, 0.15) is 84.0 Å². The first-order valence-corrected chi connectivity index (χ1v) is 10.2. The van der Waals surface area contributed by atoms with Gasteiger partial charge in [-0.2, -0.15) is 0 Å². The molecule has 0 aromatic heterocycles. The molecule has 25 heavy (non-hydrogen) atoms. The third-order valence-corrected chi connectivity index (χ3v) is 4.10. The number of amides is 1. The molecule has 0 aromatic rings. The molecule has 0 saturated heterocycles. The molecule has 0 aliphatic rings. The molecule has 0 radical (unpaired) electrons. The third-order valence-electron chi connectivity index (χ3n) is 4.10. The van der Waals surface area contributed by atoms with Crippen molar-refractivity contribution in [2.24, 2.45) is 0 Å². The lowest BCUT2D eigenvalue weighted by Gasteiger charge is -2.01. The van der Waals surface area contributed by atoms with Gasteiger partial charge in [-0.15, -0.1) is 0 Å². The molecule has 144 valence electrons. The third kappa shape index (κ3) is 20.6. The normalized spacial score (nSPS) is 11.9. The Morgan fingerprint density at radius 2 is 1.36 bits per heavy atom. The topological polar surface area (TPSA) is 49.3 Å². The molecule has 0 atom stereocenters. The van der Waals surface area contributed by atoms with Crippen molar-refractivity contribution in [3.63, 3.8) is 0 Å². The number of aliphatic hydroxyl groups is 1. The van der Waals surface area contributed by atoms with Crippen molar-refractivity contribution in [3.05, 3.63) is 36.5 Å². The number of hydrogen-bond donors (Lipinski definition) is 2. The lowest BCUT2D eigenvalue weighted by atomic mass is 10.1. The van der Waals surface area contributed by atoms with Gasteiger partial charge in [-0.25, -0.2) is 0 Å². The molecule has 0 aromatic carbocycles. The molecule has 0 bridgehead atoms. The van der Waals surface area contributed by atoms with E-state index in [1.165, 1.54) is 76.7 Å². The van der Waals surface area contributed by atoms with Crippen molar-refractivity contribution in [2.45, 2.75) is 84.0 Å². The molecule has 0 spiro atoms. The Labute approximate surface area is 155 Å². The van der Waals surface area contributed by atoms with Crippen LogP contribution in [0.2, 0.25) is 0 Å². The van der Waals surface area contributed by atoms with Crippen LogP contribution in [0.3, 0.4) is 0 Å². The molecule has 3 heteroatoms. The summed E-state index contributed by atoms with van der Waals surface area (Å²) < 4.78 is 0. The fraction of sp³-hybridized carbons (Fsp3) is 0.682. The summed E-state index contributed by atoms with van der Waals surface area (Å²) in [7, 11) is 0. The van der Waals surface area contributed by atoms with Gasteiger partial charge in [0.1, 0.15) is 0 Å². The zero-order valence-electron chi connectivity index (χ0n) is 16.2. The van der Waals surface area contributed by atoms with Crippen LogP contribution in [0, 0.1) is 0 Å². The number of aliphatic hydroxyl groups excluding tert-OH is 1. The highest BCUT2D eigenvalue weighted by molar-refractivity contribution is 5.87. The van der Waals surface area contributed by atoms with E-state index in [4.69, 9.17) is 5.11 Å². The van der Waals surface area contributed by atoms with Crippen LogP contribution in [0.25, 0.3) is 0 Å². The summed E-state index contributed by atoms with van der Waals surface area (Å²) in [4.78, 5) is 11.2. The van der Waals surface area contributed by atoms with Gasteiger partial charge in [0.05, 0.1) is 6.61 Å². The minimum atomic E-state index is -0.177. The van der Waals surface area contributed by atoms with Crippen molar-refractivity contribution in [1.29, 1.82) is 0 Å². The quantitative estimate of drug-likeness (QED) is 0.208. The highest BCUT2D eigenvalue weighted by Crippen LogP contribution is 2.11. The van der Waals surface area contributed by atoms with Crippen molar-refractivity contribution < 1.29 is 9.90 Å². The van der Waals surface area contributed by atoms with Crippen LogP contribution in [-0.2, 0) is 4.79 Å². The van der Waals surface area contributed by atoms with Crippen molar-refractivity contribution in [1.82, 2.24) is 5.32 Å². The minimum absolute atomic E-state index is 0.0306. The van der Waals surface area contributed by atoms with E-state index >= 15 is 0 Å². The van der Waals surface area contributed by atoms with Crippen molar-refractivity contribution >= 4 is 5.91 Å². The number of carbonyl (C=O) groups excluding carboxylic acids is 1. The largest absolute Gasteiger partial charge is 0.395 e. The average Bonchev–Trinajstić information content (AvgIpc) is 2.62. The summed E-state index contributed by atoms with van der Waals surface area (Å²) in [5, 5.41) is 11.1. The number of carbonyl (C=O) groups is 1. The van der Waals surface area contributed by atoms with Crippen LogP contribution in [-0.4, -0.2) is 24.2 Å². The summed E-state index contributed by atoms with van der Waals surface area (Å²) in [5.74, 6) is -0.177. The molecule has 0 rings (SSSR count). The van der Waals surface area contributed by atoms with Gasteiger partial charge in [0.2, 0.25) is 5.91 Å². The van der Waals surface area contributed by atoms with Crippen molar-refractivity contribution in [3.8, 4) is 0 Å². The van der Waals surface area contributed by atoms with Crippen molar-refractivity contribution in [2.75, 3.05) is 13.2 Å². The number of hydrogen-bond acceptors (Lipinski definition) is 2. The van der Waals surface area contributed by atoms with E-state index in [0.29, 0.717) is 6.54 Å². The van der Waals surface area contributed by atoms with Gasteiger partial charge in [-0.05, 0) is 12.8 Å². The van der Waals surface area contributed by atoms with Crippen LogP contribution >= 0.6 is 0 Å². The summed E-state index contributed by atoms with van der Waals surface area (Å²) in [6, 6.07) is 0. The Morgan fingerprint density at radius 3 is 1.96 bits per heavy atom. The predicted octanol–water partition coefficient (Wildman–Crippen LogP) is 5.46. The zero-order chi connectivity index (χ0) is 18.4. The molecular formula is C22H39NO2.